The fraction of sp³-hybridized carbons (Fsp3) is 0.222. The first-order valence-corrected chi connectivity index (χ1v) is 10.1. The molecule has 6 nitrogen and oxygen atoms in total. The summed E-state index contributed by atoms with van der Waals surface area (Å²) in [6.07, 6.45) is -2.52. The zero-order valence-corrected chi connectivity index (χ0v) is 15.8. The average Bonchev–Trinajstić information content (AvgIpc) is 2.97. The molecule has 0 amide bonds. The molecular weight excluding hydrogens is 393 g/mol. The van der Waals surface area contributed by atoms with Crippen LogP contribution in [0, 0.1) is 6.92 Å². The van der Waals surface area contributed by atoms with Gasteiger partial charge in [-0.15, -0.1) is 0 Å². The van der Waals surface area contributed by atoms with Crippen LogP contribution < -0.4 is 5.32 Å². The molecule has 0 saturated carbocycles. The molecule has 28 heavy (non-hydrogen) atoms. The lowest BCUT2D eigenvalue weighted by Gasteiger charge is -2.11. The molecule has 0 atom stereocenters. The number of rotatable bonds is 5. The minimum atomic E-state index is -4.63. The van der Waals surface area contributed by atoms with Gasteiger partial charge in [-0.2, -0.15) is 23.0 Å². The smallest absolute Gasteiger partial charge is 0.366 e. The topological polar surface area (TPSA) is 76.9 Å². The maximum absolute atomic E-state index is 13.3. The van der Waals surface area contributed by atoms with Crippen LogP contribution in [0.25, 0.3) is 5.82 Å². The monoisotopic (exact) mass is 410 g/mol. The van der Waals surface area contributed by atoms with E-state index in [-0.39, 0.29) is 28.6 Å². The van der Waals surface area contributed by atoms with Crippen LogP contribution >= 0.6 is 0 Å². The van der Waals surface area contributed by atoms with Crippen LogP contribution in [-0.2, 0) is 22.6 Å². The number of hydrogen-bond donors (Lipinski definition) is 1. The Hall–Kier alpha value is -2.88. The molecule has 3 aromatic rings. The van der Waals surface area contributed by atoms with E-state index in [2.05, 4.69) is 15.4 Å². The van der Waals surface area contributed by atoms with Crippen LogP contribution in [-0.4, -0.2) is 29.4 Å². The zero-order chi connectivity index (χ0) is 20.5. The molecular formula is C18H17F3N4O2S. The van der Waals surface area contributed by atoms with Crippen molar-refractivity contribution in [2.45, 2.75) is 24.5 Å². The molecule has 0 saturated heterocycles. The number of aromatic nitrogens is 3. The van der Waals surface area contributed by atoms with Gasteiger partial charge in [-0.1, -0.05) is 30.3 Å². The average molecular weight is 410 g/mol. The Morgan fingerprint density at radius 3 is 2.32 bits per heavy atom. The van der Waals surface area contributed by atoms with Crippen molar-refractivity contribution in [3.63, 3.8) is 0 Å². The summed E-state index contributed by atoms with van der Waals surface area (Å²) < 4.78 is 64.2. The van der Waals surface area contributed by atoms with E-state index < -0.39 is 21.7 Å². The predicted molar refractivity (Wildman–Crippen MR) is 98.0 cm³/mol. The van der Waals surface area contributed by atoms with Gasteiger partial charge in [-0.3, -0.25) is 0 Å². The summed E-state index contributed by atoms with van der Waals surface area (Å²) in [4.78, 5) is 3.95. The Morgan fingerprint density at radius 2 is 1.79 bits per heavy atom. The van der Waals surface area contributed by atoms with Gasteiger partial charge in [-0.05, 0) is 24.6 Å². The molecule has 0 bridgehead atoms. The van der Waals surface area contributed by atoms with Gasteiger partial charge in [-0.25, -0.2) is 13.4 Å². The van der Waals surface area contributed by atoms with Crippen molar-refractivity contribution >= 4 is 15.7 Å². The Morgan fingerprint density at radius 1 is 1.11 bits per heavy atom. The van der Waals surface area contributed by atoms with Crippen molar-refractivity contribution in [1.29, 1.82) is 0 Å². The maximum Gasteiger partial charge on any atom is 0.435 e. The van der Waals surface area contributed by atoms with Gasteiger partial charge in [0.15, 0.2) is 21.3 Å². The van der Waals surface area contributed by atoms with Crippen LogP contribution in [0.5, 0.6) is 0 Å². The number of hydrogen-bond acceptors (Lipinski definition) is 5. The van der Waals surface area contributed by atoms with Gasteiger partial charge in [0.2, 0.25) is 0 Å². The third-order valence-corrected chi connectivity index (χ3v) is 5.16. The molecule has 2 heterocycles. The van der Waals surface area contributed by atoms with Crippen molar-refractivity contribution in [3.8, 4) is 5.82 Å². The first-order chi connectivity index (χ1) is 13.1. The number of nitrogens with zero attached hydrogens (tertiary/aromatic N) is 3. The van der Waals surface area contributed by atoms with Gasteiger partial charge in [0.05, 0.1) is 4.90 Å². The summed E-state index contributed by atoms with van der Waals surface area (Å²) in [5.41, 5.74) is -0.224. The molecule has 1 N–H and O–H groups in total. The van der Waals surface area contributed by atoms with E-state index in [9.17, 15) is 21.6 Å². The Labute approximate surface area is 160 Å². The van der Waals surface area contributed by atoms with Gasteiger partial charge < -0.3 is 5.32 Å². The number of alkyl halides is 3. The van der Waals surface area contributed by atoms with E-state index in [4.69, 9.17) is 0 Å². The molecule has 1 aromatic carbocycles. The highest BCUT2D eigenvalue weighted by Gasteiger charge is 2.38. The second-order valence-electron chi connectivity index (χ2n) is 6.20. The van der Waals surface area contributed by atoms with Gasteiger partial charge in [0, 0.05) is 24.6 Å². The number of sulfone groups is 1. The van der Waals surface area contributed by atoms with Crippen LogP contribution in [0.1, 0.15) is 16.8 Å². The van der Waals surface area contributed by atoms with Gasteiger partial charge in [0.25, 0.3) is 0 Å². The fourth-order valence-electron chi connectivity index (χ4n) is 2.64. The molecule has 0 aliphatic rings. The minimum Gasteiger partial charge on any atom is -0.366 e. The lowest BCUT2D eigenvalue weighted by Crippen LogP contribution is -2.10. The standard InChI is InChI=1S/C18H17F3N4O2S/c1-12-16(18(19,20)21)24-25(15-9-8-14(11-22-15)28(2,26)27)17(12)23-10-13-6-4-3-5-7-13/h3-9,11,23H,10H2,1-2H3. The highest BCUT2D eigenvalue weighted by Crippen LogP contribution is 2.35. The van der Waals surface area contributed by atoms with Crippen molar-refractivity contribution in [2.24, 2.45) is 0 Å². The summed E-state index contributed by atoms with van der Waals surface area (Å²) in [7, 11) is -3.47. The second kappa shape index (κ2) is 7.27. The highest BCUT2D eigenvalue weighted by atomic mass is 32.2. The van der Waals surface area contributed by atoms with E-state index in [0.29, 0.717) is 0 Å². The third kappa shape index (κ3) is 4.16. The number of nitrogens with one attached hydrogen (secondary N) is 1. The first kappa shape index (κ1) is 19.9. The molecule has 2 aromatic heterocycles. The fourth-order valence-corrected chi connectivity index (χ4v) is 3.20. The summed E-state index contributed by atoms with van der Waals surface area (Å²) in [5.74, 6) is 0.206. The van der Waals surface area contributed by atoms with E-state index in [1.807, 2.05) is 30.3 Å². The minimum absolute atomic E-state index is 0.0324. The lowest BCUT2D eigenvalue weighted by molar-refractivity contribution is -0.141. The van der Waals surface area contributed by atoms with Gasteiger partial charge in [0.1, 0.15) is 5.82 Å². The van der Waals surface area contributed by atoms with E-state index in [1.165, 1.54) is 19.1 Å². The van der Waals surface area contributed by atoms with E-state index >= 15 is 0 Å². The second-order valence-corrected chi connectivity index (χ2v) is 8.21. The van der Waals surface area contributed by atoms with E-state index in [0.717, 1.165) is 22.7 Å². The molecule has 0 radical (unpaired) electrons. The highest BCUT2D eigenvalue weighted by molar-refractivity contribution is 7.90. The third-order valence-electron chi connectivity index (χ3n) is 4.06. The molecule has 148 valence electrons. The van der Waals surface area contributed by atoms with Crippen molar-refractivity contribution in [2.75, 3.05) is 11.6 Å². The first-order valence-electron chi connectivity index (χ1n) is 8.18. The van der Waals surface area contributed by atoms with Crippen molar-refractivity contribution in [1.82, 2.24) is 14.8 Å². The van der Waals surface area contributed by atoms with Crippen LogP contribution in [0.2, 0.25) is 0 Å². The molecule has 0 aliphatic carbocycles. The summed E-state index contributed by atoms with van der Waals surface area (Å²) >= 11 is 0. The Balaban J connectivity index is 2.03. The Bertz CT molecular complexity index is 1080. The van der Waals surface area contributed by atoms with E-state index in [1.54, 1.807) is 0 Å². The van der Waals surface area contributed by atoms with Crippen LogP contribution in [0.3, 0.4) is 0 Å². The zero-order valence-electron chi connectivity index (χ0n) is 15.0. The molecule has 0 fully saturated rings. The van der Waals surface area contributed by atoms with Crippen LogP contribution in [0.15, 0.2) is 53.6 Å². The lowest BCUT2D eigenvalue weighted by atomic mass is 10.2. The maximum atomic E-state index is 13.3. The summed E-state index contributed by atoms with van der Waals surface area (Å²) in [6, 6.07) is 11.8. The van der Waals surface area contributed by atoms with Gasteiger partial charge >= 0.3 is 6.18 Å². The number of benzene rings is 1. The Kier molecular flexibility index (Phi) is 5.16. The SMILES string of the molecule is Cc1c(C(F)(F)F)nn(-c2ccc(S(C)(=O)=O)cn2)c1NCc1ccccc1. The summed E-state index contributed by atoms with van der Waals surface area (Å²) in [6.45, 7) is 1.61. The number of pyridine rings is 1. The number of anilines is 1. The molecule has 10 heteroatoms. The quantitative estimate of drug-likeness (QED) is 0.695. The van der Waals surface area contributed by atoms with Crippen molar-refractivity contribution < 1.29 is 21.6 Å². The molecule has 0 unspecified atom stereocenters. The largest absolute Gasteiger partial charge is 0.435 e. The molecule has 0 spiro atoms. The number of halogens is 3. The summed E-state index contributed by atoms with van der Waals surface area (Å²) in [5, 5.41) is 6.65. The normalized spacial score (nSPS) is 12.2. The molecule has 3 rings (SSSR count). The van der Waals surface area contributed by atoms with Crippen LogP contribution in [0.4, 0.5) is 19.0 Å². The van der Waals surface area contributed by atoms with Crippen molar-refractivity contribution in [3.05, 3.63) is 65.5 Å². The molecule has 0 aliphatic heterocycles. The predicted octanol–water partition coefficient (Wildman–Crippen LogP) is 3.61.